The standard InChI is InChI=1S/C16H13ClF3N5/c17-14-5-13(16(18,19)20)7-23-15(14)22-6-11-2-1-3-12(4-11)8-25-10-21-9-24-25/h1-5,7,9-10H,6,8H2,(H,22,23). The molecule has 1 aromatic carbocycles. The van der Waals surface area contributed by atoms with Gasteiger partial charge in [0.2, 0.25) is 0 Å². The van der Waals surface area contributed by atoms with Crippen LogP contribution in [-0.2, 0) is 19.3 Å². The fourth-order valence-electron chi connectivity index (χ4n) is 2.25. The molecule has 25 heavy (non-hydrogen) atoms. The van der Waals surface area contributed by atoms with Crippen LogP contribution in [-0.4, -0.2) is 19.7 Å². The van der Waals surface area contributed by atoms with Gasteiger partial charge in [-0.05, 0) is 17.2 Å². The van der Waals surface area contributed by atoms with Crippen LogP contribution in [0.4, 0.5) is 19.0 Å². The van der Waals surface area contributed by atoms with Gasteiger partial charge in [0, 0.05) is 12.7 Å². The predicted molar refractivity (Wildman–Crippen MR) is 87.1 cm³/mol. The van der Waals surface area contributed by atoms with Gasteiger partial charge in [-0.1, -0.05) is 35.9 Å². The molecule has 0 saturated carbocycles. The summed E-state index contributed by atoms with van der Waals surface area (Å²) in [5, 5.41) is 6.92. The van der Waals surface area contributed by atoms with Gasteiger partial charge in [0.25, 0.3) is 0 Å². The number of benzene rings is 1. The summed E-state index contributed by atoms with van der Waals surface area (Å²) in [7, 11) is 0. The van der Waals surface area contributed by atoms with Gasteiger partial charge in [0.15, 0.2) is 0 Å². The summed E-state index contributed by atoms with van der Waals surface area (Å²) in [4.78, 5) is 7.64. The molecule has 3 aromatic rings. The maximum atomic E-state index is 12.6. The number of rotatable bonds is 5. The van der Waals surface area contributed by atoms with Gasteiger partial charge in [-0.25, -0.2) is 14.6 Å². The number of anilines is 1. The van der Waals surface area contributed by atoms with E-state index < -0.39 is 11.7 Å². The third-order valence-corrected chi connectivity index (χ3v) is 3.72. The number of hydrogen-bond acceptors (Lipinski definition) is 4. The van der Waals surface area contributed by atoms with Crippen LogP contribution in [0.25, 0.3) is 0 Å². The third-order valence-electron chi connectivity index (χ3n) is 3.43. The number of halogens is 4. The molecule has 9 heteroatoms. The summed E-state index contributed by atoms with van der Waals surface area (Å²) in [5.74, 6) is 0.205. The number of aromatic nitrogens is 4. The summed E-state index contributed by atoms with van der Waals surface area (Å²) < 4.78 is 39.6. The van der Waals surface area contributed by atoms with E-state index in [1.54, 1.807) is 11.0 Å². The fraction of sp³-hybridized carbons (Fsp3) is 0.188. The molecular weight excluding hydrogens is 355 g/mol. The highest BCUT2D eigenvalue weighted by molar-refractivity contribution is 6.32. The highest BCUT2D eigenvalue weighted by Crippen LogP contribution is 2.32. The molecule has 0 radical (unpaired) electrons. The molecule has 1 N–H and O–H groups in total. The van der Waals surface area contributed by atoms with Crippen LogP contribution in [0.5, 0.6) is 0 Å². The minimum Gasteiger partial charge on any atom is -0.365 e. The Labute approximate surface area is 146 Å². The van der Waals surface area contributed by atoms with Gasteiger partial charge in [-0.3, -0.25) is 0 Å². The Morgan fingerprint density at radius 2 is 1.96 bits per heavy atom. The van der Waals surface area contributed by atoms with E-state index in [0.717, 1.165) is 23.4 Å². The van der Waals surface area contributed by atoms with Gasteiger partial charge < -0.3 is 5.32 Å². The Balaban J connectivity index is 1.67. The highest BCUT2D eigenvalue weighted by atomic mass is 35.5. The quantitative estimate of drug-likeness (QED) is 0.740. The zero-order valence-electron chi connectivity index (χ0n) is 12.8. The van der Waals surface area contributed by atoms with E-state index in [2.05, 4.69) is 20.4 Å². The van der Waals surface area contributed by atoms with Gasteiger partial charge in [0.05, 0.1) is 17.1 Å². The van der Waals surface area contributed by atoms with Gasteiger partial charge >= 0.3 is 6.18 Å². The van der Waals surface area contributed by atoms with Crippen LogP contribution in [0, 0.1) is 0 Å². The van der Waals surface area contributed by atoms with Crippen LogP contribution in [0.3, 0.4) is 0 Å². The highest BCUT2D eigenvalue weighted by Gasteiger charge is 2.31. The first-order valence-corrected chi connectivity index (χ1v) is 7.66. The van der Waals surface area contributed by atoms with Crippen LogP contribution >= 0.6 is 11.6 Å². The molecule has 130 valence electrons. The Bertz CT molecular complexity index is 849. The third kappa shape index (κ3) is 4.48. The fourth-order valence-corrected chi connectivity index (χ4v) is 2.48. The number of hydrogen-bond donors (Lipinski definition) is 1. The lowest BCUT2D eigenvalue weighted by molar-refractivity contribution is -0.137. The van der Waals surface area contributed by atoms with E-state index in [4.69, 9.17) is 11.6 Å². The second-order valence-corrected chi connectivity index (χ2v) is 5.73. The summed E-state index contributed by atoms with van der Waals surface area (Å²) in [6.45, 7) is 0.955. The Morgan fingerprint density at radius 3 is 2.64 bits per heavy atom. The van der Waals surface area contributed by atoms with Crippen molar-refractivity contribution in [3.05, 3.63) is 70.9 Å². The lowest BCUT2D eigenvalue weighted by atomic mass is 10.1. The van der Waals surface area contributed by atoms with Crippen molar-refractivity contribution in [1.29, 1.82) is 0 Å². The normalized spacial score (nSPS) is 11.5. The average Bonchev–Trinajstić information content (AvgIpc) is 3.06. The molecule has 2 heterocycles. The largest absolute Gasteiger partial charge is 0.417 e. The van der Waals surface area contributed by atoms with E-state index in [9.17, 15) is 13.2 Å². The van der Waals surface area contributed by atoms with Crippen molar-refractivity contribution in [3.8, 4) is 0 Å². The number of nitrogens with zero attached hydrogens (tertiary/aromatic N) is 4. The second kappa shape index (κ2) is 7.10. The van der Waals surface area contributed by atoms with E-state index in [-0.39, 0.29) is 10.8 Å². The SMILES string of the molecule is FC(F)(F)c1cnc(NCc2cccc(Cn3cncn3)c2)c(Cl)c1. The Morgan fingerprint density at radius 1 is 1.16 bits per heavy atom. The maximum Gasteiger partial charge on any atom is 0.417 e. The minimum atomic E-state index is -4.47. The minimum absolute atomic E-state index is 0.0754. The number of pyridine rings is 1. The molecule has 5 nitrogen and oxygen atoms in total. The first-order valence-electron chi connectivity index (χ1n) is 7.28. The molecule has 0 fully saturated rings. The lowest BCUT2D eigenvalue weighted by Gasteiger charge is -2.11. The van der Waals surface area contributed by atoms with Crippen molar-refractivity contribution in [3.63, 3.8) is 0 Å². The maximum absolute atomic E-state index is 12.6. The Hall–Kier alpha value is -2.61. The molecule has 0 unspecified atom stereocenters. The zero-order valence-corrected chi connectivity index (χ0v) is 13.6. The zero-order chi connectivity index (χ0) is 17.9. The molecule has 0 aliphatic heterocycles. The topological polar surface area (TPSA) is 55.6 Å². The van der Waals surface area contributed by atoms with Gasteiger partial charge in [-0.15, -0.1) is 0 Å². The predicted octanol–water partition coefficient (Wildman–Crippen LogP) is 4.01. The molecule has 0 spiro atoms. The number of alkyl halides is 3. The van der Waals surface area contributed by atoms with Crippen molar-refractivity contribution in [2.24, 2.45) is 0 Å². The smallest absolute Gasteiger partial charge is 0.365 e. The van der Waals surface area contributed by atoms with Crippen molar-refractivity contribution < 1.29 is 13.2 Å². The molecule has 3 rings (SSSR count). The lowest BCUT2D eigenvalue weighted by Crippen LogP contribution is -2.08. The van der Waals surface area contributed by atoms with Crippen LogP contribution in [0.15, 0.2) is 49.2 Å². The molecule has 0 saturated heterocycles. The van der Waals surface area contributed by atoms with Crippen molar-refractivity contribution in [2.45, 2.75) is 19.3 Å². The van der Waals surface area contributed by atoms with E-state index in [1.165, 1.54) is 6.33 Å². The molecule has 0 aliphatic carbocycles. The summed E-state index contributed by atoms with van der Waals surface area (Å²) in [6, 6.07) is 8.57. The van der Waals surface area contributed by atoms with Crippen LogP contribution < -0.4 is 5.32 Å². The van der Waals surface area contributed by atoms with E-state index in [0.29, 0.717) is 13.1 Å². The monoisotopic (exact) mass is 367 g/mol. The van der Waals surface area contributed by atoms with Crippen LogP contribution in [0.1, 0.15) is 16.7 Å². The summed E-state index contributed by atoms with van der Waals surface area (Å²) >= 11 is 5.88. The second-order valence-electron chi connectivity index (χ2n) is 5.32. The summed E-state index contributed by atoms with van der Waals surface area (Å²) in [5.41, 5.74) is 1.09. The number of nitrogens with one attached hydrogen (secondary N) is 1. The van der Waals surface area contributed by atoms with Gasteiger partial charge in [-0.2, -0.15) is 18.3 Å². The van der Waals surface area contributed by atoms with Crippen molar-refractivity contribution >= 4 is 17.4 Å². The molecule has 0 aliphatic rings. The first kappa shape index (κ1) is 17.2. The average molecular weight is 368 g/mol. The van der Waals surface area contributed by atoms with E-state index >= 15 is 0 Å². The molecular formula is C16H13ClF3N5. The molecule has 2 aromatic heterocycles. The van der Waals surface area contributed by atoms with Crippen LogP contribution in [0.2, 0.25) is 5.02 Å². The van der Waals surface area contributed by atoms with Crippen molar-refractivity contribution in [1.82, 2.24) is 19.7 Å². The summed E-state index contributed by atoms with van der Waals surface area (Å²) in [6.07, 6.45) is -0.624. The van der Waals surface area contributed by atoms with Gasteiger partial charge in [0.1, 0.15) is 18.5 Å². The first-order chi connectivity index (χ1) is 11.9. The van der Waals surface area contributed by atoms with Crippen molar-refractivity contribution in [2.75, 3.05) is 5.32 Å². The Kier molecular flexibility index (Phi) is 4.89. The molecule has 0 atom stereocenters. The molecule has 0 bridgehead atoms. The van der Waals surface area contributed by atoms with E-state index in [1.807, 2.05) is 24.3 Å². The molecule has 0 amide bonds.